The Labute approximate surface area is 118 Å². The minimum atomic E-state index is -0.111. The normalized spacial score (nSPS) is 10.9. The van der Waals surface area contributed by atoms with Crippen LogP contribution in [0.3, 0.4) is 0 Å². The van der Waals surface area contributed by atoms with Crippen molar-refractivity contribution in [1.29, 1.82) is 0 Å². The molecule has 1 N–H and O–H groups in total. The largest absolute Gasteiger partial charge is 0.390 e. The van der Waals surface area contributed by atoms with Crippen molar-refractivity contribution >= 4 is 11.6 Å². The minimum Gasteiger partial charge on any atom is -0.390 e. The number of imidazole rings is 1. The lowest BCUT2D eigenvalue weighted by molar-refractivity contribution is 0.277. The number of aromatic nitrogens is 2. The van der Waals surface area contributed by atoms with Crippen molar-refractivity contribution in [2.75, 3.05) is 0 Å². The van der Waals surface area contributed by atoms with Crippen LogP contribution in [0.2, 0.25) is 5.15 Å². The van der Waals surface area contributed by atoms with Crippen LogP contribution in [-0.2, 0) is 19.6 Å². The quantitative estimate of drug-likeness (QED) is 0.879. The highest BCUT2D eigenvalue weighted by molar-refractivity contribution is 6.30. The zero-order valence-electron chi connectivity index (χ0n) is 11.1. The van der Waals surface area contributed by atoms with Crippen molar-refractivity contribution in [2.24, 2.45) is 0 Å². The van der Waals surface area contributed by atoms with Crippen LogP contribution in [0, 0.1) is 0 Å². The number of aliphatic hydroxyl groups excluding tert-OH is 1. The van der Waals surface area contributed by atoms with Crippen molar-refractivity contribution in [3.63, 3.8) is 0 Å². The average Bonchev–Trinajstić information content (AvgIpc) is 2.74. The summed E-state index contributed by atoms with van der Waals surface area (Å²) in [5.74, 6) is 0.958. The number of hydrogen-bond acceptors (Lipinski definition) is 2. The average molecular weight is 279 g/mol. The third-order valence-corrected chi connectivity index (χ3v) is 3.56. The molecule has 0 saturated carbocycles. The summed E-state index contributed by atoms with van der Waals surface area (Å²) >= 11 is 6.30. The van der Waals surface area contributed by atoms with E-state index in [9.17, 15) is 5.11 Å². The molecule has 0 saturated heterocycles. The first-order chi connectivity index (χ1) is 9.26. The molecule has 4 heteroatoms. The maximum Gasteiger partial charge on any atom is 0.134 e. The van der Waals surface area contributed by atoms with Gasteiger partial charge in [0, 0.05) is 6.42 Å². The predicted molar refractivity (Wildman–Crippen MR) is 77.3 cm³/mol. The first-order valence-corrected chi connectivity index (χ1v) is 7.02. The van der Waals surface area contributed by atoms with Crippen molar-refractivity contribution in [3.05, 3.63) is 52.6 Å². The van der Waals surface area contributed by atoms with E-state index in [1.807, 2.05) is 22.8 Å². The Morgan fingerprint density at radius 3 is 2.63 bits per heavy atom. The summed E-state index contributed by atoms with van der Waals surface area (Å²) in [4.78, 5) is 4.44. The second kappa shape index (κ2) is 6.73. The fourth-order valence-electron chi connectivity index (χ4n) is 2.08. The second-order valence-electron chi connectivity index (χ2n) is 4.60. The van der Waals surface area contributed by atoms with Crippen LogP contribution in [0.4, 0.5) is 0 Å². The van der Waals surface area contributed by atoms with Crippen molar-refractivity contribution in [3.8, 4) is 0 Å². The summed E-state index contributed by atoms with van der Waals surface area (Å²) in [6.45, 7) is 2.74. The molecule has 0 aliphatic rings. The van der Waals surface area contributed by atoms with Gasteiger partial charge in [-0.2, -0.15) is 0 Å². The van der Waals surface area contributed by atoms with Crippen LogP contribution in [0.25, 0.3) is 0 Å². The number of rotatable bonds is 6. The van der Waals surface area contributed by atoms with E-state index < -0.39 is 0 Å². The Balaban J connectivity index is 2.28. The topological polar surface area (TPSA) is 38.1 Å². The molecule has 0 unspecified atom stereocenters. The van der Waals surface area contributed by atoms with Crippen LogP contribution in [0.5, 0.6) is 0 Å². The van der Waals surface area contributed by atoms with Gasteiger partial charge in [0.25, 0.3) is 0 Å². The molecule has 0 aliphatic heterocycles. The van der Waals surface area contributed by atoms with Gasteiger partial charge in [-0.25, -0.2) is 4.98 Å². The molecule has 0 aliphatic carbocycles. The molecule has 0 fully saturated rings. The fraction of sp³-hybridized carbons (Fsp3) is 0.400. The van der Waals surface area contributed by atoms with Crippen LogP contribution >= 0.6 is 11.6 Å². The lowest BCUT2D eigenvalue weighted by Crippen LogP contribution is -2.05. The van der Waals surface area contributed by atoms with Gasteiger partial charge < -0.3 is 9.67 Å². The molecule has 0 spiro atoms. The van der Waals surface area contributed by atoms with Gasteiger partial charge in [-0.3, -0.25) is 0 Å². The van der Waals surface area contributed by atoms with E-state index in [-0.39, 0.29) is 6.61 Å². The van der Waals surface area contributed by atoms with E-state index in [0.29, 0.717) is 17.4 Å². The van der Waals surface area contributed by atoms with Crippen LogP contribution < -0.4 is 0 Å². The minimum absolute atomic E-state index is 0.111. The second-order valence-corrected chi connectivity index (χ2v) is 4.96. The first-order valence-electron chi connectivity index (χ1n) is 6.64. The molecule has 1 aromatic carbocycles. The van der Waals surface area contributed by atoms with Gasteiger partial charge in [0.2, 0.25) is 0 Å². The molecule has 2 rings (SSSR count). The number of benzene rings is 1. The molecular formula is C15H19ClN2O. The summed E-state index contributed by atoms with van der Waals surface area (Å²) in [7, 11) is 0. The summed E-state index contributed by atoms with van der Waals surface area (Å²) in [5, 5.41) is 9.84. The van der Waals surface area contributed by atoms with Gasteiger partial charge in [-0.1, -0.05) is 55.3 Å². The molecule has 3 nitrogen and oxygen atoms in total. The highest BCUT2D eigenvalue weighted by Crippen LogP contribution is 2.21. The van der Waals surface area contributed by atoms with E-state index in [2.05, 4.69) is 24.0 Å². The van der Waals surface area contributed by atoms with E-state index in [0.717, 1.165) is 25.1 Å². The third-order valence-electron chi connectivity index (χ3n) is 3.14. The standard InChI is InChI=1S/C15H19ClN2O/c1-2-3-9-14-17-13(11-19)15(16)18(14)10-12-7-5-4-6-8-12/h4-8,19H,2-3,9-11H2,1H3. The van der Waals surface area contributed by atoms with Gasteiger partial charge in [-0.15, -0.1) is 0 Å². The number of nitrogens with zero attached hydrogens (tertiary/aromatic N) is 2. The van der Waals surface area contributed by atoms with Gasteiger partial charge in [0.05, 0.1) is 13.2 Å². The molecule has 0 bridgehead atoms. The molecular weight excluding hydrogens is 260 g/mol. The lowest BCUT2D eigenvalue weighted by atomic mass is 10.2. The fourth-order valence-corrected chi connectivity index (χ4v) is 2.34. The third kappa shape index (κ3) is 3.37. The summed E-state index contributed by atoms with van der Waals surface area (Å²) < 4.78 is 2.00. The summed E-state index contributed by atoms with van der Waals surface area (Å²) in [6.07, 6.45) is 3.08. The van der Waals surface area contributed by atoms with Crippen molar-refractivity contribution in [2.45, 2.75) is 39.3 Å². The maximum atomic E-state index is 9.29. The van der Waals surface area contributed by atoms with Gasteiger partial charge in [0.1, 0.15) is 16.7 Å². The first kappa shape index (κ1) is 14.1. The van der Waals surface area contributed by atoms with Gasteiger partial charge in [0.15, 0.2) is 0 Å². The molecule has 102 valence electrons. The van der Waals surface area contributed by atoms with E-state index in [1.165, 1.54) is 5.56 Å². The zero-order chi connectivity index (χ0) is 13.7. The monoisotopic (exact) mass is 278 g/mol. The van der Waals surface area contributed by atoms with E-state index in [4.69, 9.17) is 11.6 Å². The van der Waals surface area contributed by atoms with Crippen molar-refractivity contribution in [1.82, 2.24) is 9.55 Å². The number of halogens is 1. The number of aryl methyl sites for hydroxylation is 1. The number of unbranched alkanes of at least 4 members (excludes halogenated alkanes) is 1. The molecule has 0 amide bonds. The SMILES string of the molecule is CCCCc1nc(CO)c(Cl)n1Cc1ccccc1. The molecule has 0 radical (unpaired) electrons. The molecule has 1 aromatic heterocycles. The lowest BCUT2D eigenvalue weighted by Gasteiger charge is -2.09. The highest BCUT2D eigenvalue weighted by Gasteiger charge is 2.14. The van der Waals surface area contributed by atoms with Crippen molar-refractivity contribution < 1.29 is 5.11 Å². The van der Waals surface area contributed by atoms with Gasteiger partial charge >= 0.3 is 0 Å². The molecule has 0 atom stereocenters. The molecule has 19 heavy (non-hydrogen) atoms. The number of aliphatic hydroxyl groups is 1. The summed E-state index contributed by atoms with van der Waals surface area (Å²) in [5.41, 5.74) is 1.76. The van der Waals surface area contributed by atoms with Crippen LogP contribution in [0.1, 0.15) is 36.8 Å². The Morgan fingerprint density at radius 2 is 2.00 bits per heavy atom. The van der Waals surface area contributed by atoms with E-state index >= 15 is 0 Å². The Hall–Kier alpha value is -1.32. The molecule has 1 heterocycles. The van der Waals surface area contributed by atoms with Gasteiger partial charge in [-0.05, 0) is 12.0 Å². The number of hydrogen-bond donors (Lipinski definition) is 1. The maximum absolute atomic E-state index is 9.29. The Bertz CT molecular complexity index is 522. The Kier molecular flexibility index (Phi) is 5.00. The Morgan fingerprint density at radius 1 is 1.26 bits per heavy atom. The predicted octanol–water partition coefficient (Wildman–Crippen LogP) is 3.42. The smallest absolute Gasteiger partial charge is 0.134 e. The highest BCUT2D eigenvalue weighted by atomic mass is 35.5. The van der Waals surface area contributed by atoms with Crippen LogP contribution in [0.15, 0.2) is 30.3 Å². The molecule has 2 aromatic rings. The van der Waals surface area contributed by atoms with E-state index in [1.54, 1.807) is 0 Å². The van der Waals surface area contributed by atoms with Crippen LogP contribution in [-0.4, -0.2) is 14.7 Å². The zero-order valence-corrected chi connectivity index (χ0v) is 11.9. The summed E-state index contributed by atoms with van der Waals surface area (Å²) in [6, 6.07) is 10.2.